The Morgan fingerprint density at radius 1 is 1.23 bits per heavy atom. The molecule has 108 valence electrons. The molecule has 0 N–H and O–H groups in total. The van der Waals surface area contributed by atoms with Gasteiger partial charge in [-0.3, -0.25) is 4.40 Å². The molecule has 0 bridgehead atoms. The number of fused-ring (bicyclic) bond motifs is 2. The van der Waals surface area contributed by atoms with E-state index in [2.05, 4.69) is 9.97 Å². The van der Waals surface area contributed by atoms with Gasteiger partial charge in [0.05, 0.1) is 11.3 Å². The van der Waals surface area contributed by atoms with Crippen molar-refractivity contribution < 1.29 is 8.81 Å². The highest BCUT2D eigenvalue weighted by atomic mass is 19.1. The fraction of sp³-hybridized carbons (Fsp3) is 0.0625. The number of hydrogen-bond acceptors (Lipinski definition) is 4. The molecule has 0 saturated heterocycles. The first kappa shape index (κ1) is 12.7. The predicted molar refractivity (Wildman–Crippen MR) is 79.2 cm³/mol. The van der Waals surface area contributed by atoms with Crippen LogP contribution in [0.4, 0.5) is 4.39 Å². The van der Waals surface area contributed by atoms with Crippen molar-refractivity contribution in [3.63, 3.8) is 0 Å². The smallest absolute Gasteiger partial charge is 0.345 e. The molecule has 0 aliphatic heterocycles. The molecular formula is C16H10FN3O2. The zero-order chi connectivity index (χ0) is 15.3. The number of rotatable bonds is 1. The highest BCUT2D eigenvalue weighted by Gasteiger charge is 2.12. The van der Waals surface area contributed by atoms with Gasteiger partial charge in [0.25, 0.3) is 0 Å². The van der Waals surface area contributed by atoms with Crippen molar-refractivity contribution in [1.29, 1.82) is 0 Å². The first-order valence-electron chi connectivity index (χ1n) is 6.65. The van der Waals surface area contributed by atoms with E-state index in [9.17, 15) is 9.18 Å². The van der Waals surface area contributed by atoms with E-state index in [0.29, 0.717) is 22.4 Å². The summed E-state index contributed by atoms with van der Waals surface area (Å²) in [5.41, 5.74) is 1.43. The summed E-state index contributed by atoms with van der Waals surface area (Å²) in [4.78, 5) is 20.7. The van der Waals surface area contributed by atoms with Gasteiger partial charge in [-0.2, -0.15) is 0 Å². The summed E-state index contributed by atoms with van der Waals surface area (Å²) in [6.07, 6.45) is 5.30. The van der Waals surface area contributed by atoms with Crippen LogP contribution in [0.1, 0.15) is 5.56 Å². The van der Waals surface area contributed by atoms with Crippen molar-refractivity contribution in [2.75, 3.05) is 0 Å². The number of hydrogen-bond donors (Lipinski definition) is 0. The highest BCUT2D eigenvalue weighted by Crippen LogP contribution is 2.21. The Morgan fingerprint density at radius 2 is 2.09 bits per heavy atom. The Bertz CT molecular complexity index is 1080. The Kier molecular flexibility index (Phi) is 2.59. The minimum atomic E-state index is -0.557. The molecule has 0 unspecified atom stereocenters. The van der Waals surface area contributed by atoms with Crippen molar-refractivity contribution in [1.82, 2.24) is 14.4 Å². The number of aromatic nitrogens is 3. The Hall–Kier alpha value is -3.02. The zero-order valence-electron chi connectivity index (χ0n) is 11.6. The number of aryl methyl sites for hydroxylation is 1. The molecule has 0 amide bonds. The van der Waals surface area contributed by atoms with Crippen molar-refractivity contribution in [3.05, 3.63) is 64.7 Å². The average molecular weight is 295 g/mol. The summed E-state index contributed by atoms with van der Waals surface area (Å²) in [7, 11) is 0. The number of imidazole rings is 1. The van der Waals surface area contributed by atoms with E-state index in [0.717, 1.165) is 5.56 Å². The summed E-state index contributed by atoms with van der Waals surface area (Å²) in [6, 6.07) is 5.72. The Morgan fingerprint density at radius 3 is 2.95 bits per heavy atom. The number of halogens is 1. The molecule has 5 nitrogen and oxygen atoms in total. The predicted octanol–water partition coefficient (Wildman–Crippen LogP) is 2.95. The van der Waals surface area contributed by atoms with E-state index in [1.165, 1.54) is 12.1 Å². The molecule has 3 heterocycles. The van der Waals surface area contributed by atoms with Gasteiger partial charge in [0.15, 0.2) is 0 Å². The van der Waals surface area contributed by atoms with Gasteiger partial charge < -0.3 is 4.42 Å². The van der Waals surface area contributed by atoms with Crippen molar-refractivity contribution in [2.45, 2.75) is 6.92 Å². The van der Waals surface area contributed by atoms with Gasteiger partial charge in [0.2, 0.25) is 5.78 Å². The molecule has 0 aliphatic carbocycles. The second-order valence-electron chi connectivity index (χ2n) is 5.09. The third kappa shape index (κ3) is 1.96. The lowest BCUT2D eigenvalue weighted by Crippen LogP contribution is -2.02. The van der Waals surface area contributed by atoms with Gasteiger partial charge in [-0.1, -0.05) is 0 Å². The molecule has 0 aliphatic rings. The lowest BCUT2D eigenvalue weighted by Gasteiger charge is -1.99. The summed E-state index contributed by atoms with van der Waals surface area (Å²) >= 11 is 0. The van der Waals surface area contributed by atoms with Gasteiger partial charge >= 0.3 is 5.63 Å². The van der Waals surface area contributed by atoms with Crippen LogP contribution < -0.4 is 5.63 Å². The molecule has 4 aromatic rings. The molecule has 0 saturated carbocycles. The van der Waals surface area contributed by atoms with Crippen LogP contribution in [0.3, 0.4) is 0 Å². The second kappa shape index (κ2) is 4.49. The van der Waals surface area contributed by atoms with Crippen LogP contribution >= 0.6 is 0 Å². The molecule has 0 radical (unpaired) electrons. The largest absolute Gasteiger partial charge is 0.422 e. The maximum Gasteiger partial charge on any atom is 0.345 e. The lowest BCUT2D eigenvalue weighted by atomic mass is 10.1. The zero-order valence-corrected chi connectivity index (χ0v) is 11.6. The number of benzene rings is 1. The van der Waals surface area contributed by atoms with Crippen LogP contribution in [-0.4, -0.2) is 14.4 Å². The maximum atomic E-state index is 13.2. The molecular weight excluding hydrogens is 285 g/mol. The van der Waals surface area contributed by atoms with Gasteiger partial charge in [-0.05, 0) is 30.7 Å². The topological polar surface area (TPSA) is 60.4 Å². The Labute approximate surface area is 123 Å². The van der Waals surface area contributed by atoms with Crippen LogP contribution in [-0.2, 0) is 0 Å². The second-order valence-corrected chi connectivity index (χ2v) is 5.09. The normalized spacial score (nSPS) is 11.4. The molecule has 22 heavy (non-hydrogen) atoms. The SMILES string of the molecule is Cc1cnc2nc(-c3cc4ccc(F)cc4oc3=O)cn2c1. The van der Waals surface area contributed by atoms with Crippen molar-refractivity contribution in [3.8, 4) is 11.3 Å². The minimum absolute atomic E-state index is 0.214. The van der Waals surface area contributed by atoms with E-state index in [4.69, 9.17) is 4.42 Å². The highest BCUT2D eigenvalue weighted by molar-refractivity contribution is 5.81. The molecule has 0 fully saturated rings. The third-order valence-corrected chi connectivity index (χ3v) is 3.41. The maximum absolute atomic E-state index is 13.2. The monoisotopic (exact) mass is 295 g/mol. The van der Waals surface area contributed by atoms with Gasteiger partial charge in [0, 0.05) is 30.0 Å². The van der Waals surface area contributed by atoms with Crippen molar-refractivity contribution >= 4 is 16.7 Å². The van der Waals surface area contributed by atoms with Gasteiger partial charge in [-0.25, -0.2) is 19.2 Å². The molecule has 4 rings (SSSR count). The van der Waals surface area contributed by atoms with Crippen LogP contribution in [0.25, 0.3) is 28.0 Å². The van der Waals surface area contributed by atoms with E-state index in [1.54, 1.807) is 28.9 Å². The first-order chi connectivity index (χ1) is 10.6. The van der Waals surface area contributed by atoms with E-state index < -0.39 is 11.4 Å². The fourth-order valence-electron chi connectivity index (χ4n) is 2.38. The summed E-state index contributed by atoms with van der Waals surface area (Å²) in [6.45, 7) is 1.92. The fourth-order valence-corrected chi connectivity index (χ4v) is 2.38. The van der Waals surface area contributed by atoms with E-state index in [1.807, 2.05) is 13.1 Å². The summed E-state index contributed by atoms with van der Waals surface area (Å²) in [5.74, 6) is 0.0509. The summed E-state index contributed by atoms with van der Waals surface area (Å²) in [5, 5.41) is 0.636. The van der Waals surface area contributed by atoms with Gasteiger partial charge in [-0.15, -0.1) is 0 Å². The first-order valence-corrected chi connectivity index (χ1v) is 6.65. The van der Waals surface area contributed by atoms with Gasteiger partial charge in [0.1, 0.15) is 11.4 Å². The molecule has 1 aromatic carbocycles. The Balaban J connectivity index is 1.97. The van der Waals surface area contributed by atoms with Crippen LogP contribution in [0.5, 0.6) is 0 Å². The average Bonchev–Trinajstić information content (AvgIpc) is 2.89. The van der Waals surface area contributed by atoms with E-state index >= 15 is 0 Å². The van der Waals surface area contributed by atoms with Crippen LogP contribution in [0.2, 0.25) is 0 Å². The lowest BCUT2D eigenvalue weighted by molar-refractivity contribution is 0.556. The molecule has 0 spiro atoms. The number of nitrogens with zero attached hydrogens (tertiary/aromatic N) is 3. The standard InChI is InChI=1S/C16H10FN3O2/c1-9-6-18-16-19-13(8-20(16)7-9)12-4-10-2-3-11(17)5-14(10)22-15(12)21/h2-8H,1H3. The van der Waals surface area contributed by atoms with Crippen LogP contribution in [0, 0.1) is 12.7 Å². The molecule has 0 atom stereocenters. The van der Waals surface area contributed by atoms with Crippen molar-refractivity contribution in [2.24, 2.45) is 0 Å². The molecule has 6 heteroatoms. The summed E-state index contributed by atoms with van der Waals surface area (Å²) < 4.78 is 20.1. The van der Waals surface area contributed by atoms with Crippen LogP contribution in [0.15, 0.2) is 52.1 Å². The third-order valence-electron chi connectivity index (χ3n) is 3.41. The quantitative estimate of drug-likeness (QED) is 0.507. The van der Waals surface area contributed by atoms with E-state index in [-0.39, 0.29) is 5.58 Å². The minimum Gasteiger partial charge on any atom is -0.422 e. The molecule has 3 aromatic heterocycles.